The van der Waals surface area contributed by atoms with Crippen LogP contribution in [0.1, 0.15) is 33.5 Å². The number of halogens is 3. The second-order valence-corrected chi connectivity index (χ2v) is 2.84. The van der Waals surface area contributed by atoms with E-state index in [1.165, 1.54) is 0 Å². The van der Waals surface area contributed by atoms with Gasteiger partial charge in [-0.05, 0) is 12.1 Å². The van der Waals surface area contributed by atoms with Gasteiger partial charge in [0.25, 0.3) is 0 Å². The monoisotopic (exact) mass is 217 g/mol. The SMILES string of the molecule is CC(=O)c1cc(C(F)(F)F)cc(C=O)n1. The van der Waals surface area contributed by atoms with Crippen LogP contribution in [0.15, 0.2) is 12.1 Å². The van der Waals surface area contributed by atoms with Crippen molar-refractivity contribution in [2.45, 2.75) is 13.1 Å². The molecule has 0 saturated heterocycles. The van der Waals surface area contributed by atoms with Crippen molar-refractivity contribution in [3.05, 3.63) is 29.1 Å². The summed E-state index contributed by atoms with van der Waals surface area (Å²) in [7, 11) is 0. The van der Waals surface area contributed by atoms with Gasteiger partial charge in [0, 0.05) is 6.92 Å². The zero-order valence-corrected chi connectivity index (χ0v) is 7.63. The Morgan fingerprint density at radius 2 is 2.00 bits per heavy atom. The lowest BCUT2D eigenvalue weighted by atomic mass is 10.1. The van der Waals surface area contributed by atoms with Gasteiger partial charge in [0.2, 0.25) is 0 Å². The van der Waals surface area contributed by atoms with Crippen LogP contribution in [-0.4, -0.2) is 17.1 Å². The second kappa shape index (κ2) is 3.80. The predicted octanol–water partition coefficient (Wildman–Crippen LogP) is 2.12. The molecule has 0 amide bonds. The fraction of sp³-hybridized carbons (Fsp3) is 0.222. The molecule has 1 heterocycles. The molecule has 6 heteroatoms. The fourth-order valence-corrected chi connectivity index (χ4v) is 0.956. The number of rotatable bonds is 2. The third-order valence-corrected chi connectivity index (χ3v) is 1.65. The zero-order chi connectivity index (χ0) is 11.6. The highest BCUT2D eigenvalue weighted by Crippen LogP contribution is 2.29. The quantitative estimate of drug-likeness (QED) is 0.563. The summed E-state index contributed by atoms with van der Waals surface area (Å²) in [5, 5.41) is 0. The molecule has 0 fully saturated rings. The molecule has 1 rings (SSSR count). The summed E-state index contributed by atoms with van der Waals surface area (Å²) in [6, 6.07) is 1.22. The predicted molar refractivity (Wildman–Crippen MR) is 44.6 cm³/mol. The van der Waals surface area contributed by atoms with Crippen LogP contribution in [0.3, 0.4) is 0 Å². The molecule has 1 aromatic heterocycles. The first-order valence-electron chi connectivity index (χ1n) is 3.90. The lowest BCUT2D eigenvalue weighted by Crippen LogP contribution is -2.10. The number of hydrogen-bond donors (Lipinski definition) is 0. The van der Waals surface area contributed by atoms with Crippen molar-refractivity contribution in [2.75, 3.05) is 0 Å². The van der Waals surface area contributed by atoms with E-state index in [2.05, 4.69) is 4.98 Å². The smallest absolute Gasteiger partial charge is 0.296 e. The fourth-order valence-electron chi connectivity index (χ4n) is 0.956. The Kier molecular flexibility index (Phi) is 2.88. The third kappa shape index (κ3) is 2.61. The van der Waals surface area contributed by atoms with Crippen LogP contribution in [0.4, 0.5) is 13.2 Å². The van der Waals surface area contributed by atoms with Gasteiger partial charge < -0.3 is 0 Å². The zero-order valence-electron chi connectivity index (χ0n) is 7.63. The minimum absolute atomic E-state index is 0.168. The average Bonchev–Trinajstić information content (AvgIpc) is 2.15. The molecule has 0 aliphatic rings. The Balaban J connectivity index is 3.36. The van der Waals surface area contributed by atoms with Crippen molar-refractivity contribution < 1.29 is 22.8 Å². The Labute approximate surface area is 82.9 Å². The molecule has 0 spiro atoms. The van der Waals surface area contributed by atoms with Gasteiger partial charge in [0.1, 0.15) is 11.4 Å². The van der Waals surface area contributed by atoms with Gasteiger partial charge in [-0.3, -0.25) is 9.59 Å². The number of Topliss-reactive ketones (excluding diaryl/α,β-unsaturated/α-hetero) is 1. The summed E-state index contributed by atoms with van der Waals surface area (Å²) < 4.78 is 36.9. The summed E-state index contributed by atoms with van der Waals surface area (Å²) in [5.41, 5.74) is -1.83. The number of aldehydes is 1. The Morgan fingerprint density at radius 1 is 1.40 bits per heavy atom. The summed E-state index contributed by atoms with van der Waals surface area (Å²) in [4.78, 5) is 24.6. The number of alkyl halides is 3. The van der Waals surface area contributed by atoms with Gasteiger partial charge in [-0.1, -0.05) is 0 Å². The molecule has 0 bridgehead atoms. The Bertz CT molecular complexity index is 412. The minimum atomic E-state index is -4.59. The van der Waals surface area contributed by atoms with Crippen LogP contribution < -0.4 is 0 Å². The van der Waals surface area contributed by atoms with Crippen LogP contribution >= 0.6 is 0 Å². The van der Waals surface area contributed by atoms with E-state index < -0.39 is 23.2 Å². The number of pyridine rings is 1. The van der Waals surface area contributed by atoms with Crippen molar-refractivity contribution in [1.29, 1.82) is 0 Å². The number of hydrogen-bond acceptors (Lipinski definition) is 3. The number of nitrogens with zero attached hydrogens (tertiary/aromatic N) is 1. The van der Waals surface area contributed by atoms with E-state index in [4.69, 9.17) is 0 Å². The number of carbonyl (C=O) groups excluding carboxylic acids is 2. The molecule has 0 atom stereocenters. The molecule has 0 aliphatic carbocycles. The van der Waals surface area contributed by atoms with E-state index in [9.17, 15) is 22.8 Å². The molecule has 0 aromatic carbocycles. The van der Waals surface area contributed by atoms with E-state index in [1.54, 1.807) is 0 Å². The van der Waals surface area contributed by atoms with E-state index in [-0.39, 0.29) is 12.0 Å². The first-order chi connectivity index (χ1) is 6.84. The lowest BCUT2D eigenvalue weighted by molar-refractivity contribution is -0.137. The van der Waals surface area contributed by atoms with Gasteiger partial charge in [-0.25, -0.2) is 4.98 Å². The van der Waals surface area contributed by atoms with E-state index in [1.807, 2.05) is 0 Å². The van der Waals surface area contributed by atoms with Crippen LogP contribution in [0.5, 0.6) is 0 Å². The number of ketones is 1. The normalized spacial score (nSPS) is 11.2. The highest BCUT2D eigenvalue weighted by molar-refractivity contribution is 5.93. The van der Waals surface area contributed by atoms with Gasteiger partial charge in [0.15, 0.2) is 12.1 Å². The van der Waals surface area contributed by atoms with Crippen LogP contribution in [-0.2, 0) is 6.18 Å². The highest BCUT2D eigenvalue weighted by atomic mass is 19.4. The van der Waals surface area contributed by atoms with Crippen LogP contribution in [0.2, 0.25) is 0 Å². The number of carbonyl (C=O) groups is 2. The van der Waals surface area contributed by atoms with Gasteiger partial charge in [-0.2, -0.15) is 13.2 Å². The van der Waals surface area contributed by atoms with E-state index in [0.29, 0.717) is 12.1 Å². The molecule has 0 N–H and O–H groups in total. The van der Waals surface area contributed by atoms with Crippen molar-refractivity contribution in [3.63, 3.8) is 0 Å². The average molecular weight is 217 g/mol. The number of aromatic nitrogens is 1. The summed E-state index contributed by atoms with van der Waals surface area (Å²) in [5.74, 6) is -0.621. The van der Waals surface area contributed by atoms with Gasteiger partial charge in [0.05, 0.1) is 5.56 Å². The van der Waals surface area contributed by atoms with Crippen LogP contribution in [0, 0.1) is 0 Å². The summed E-state index contributed by atoms with van der Waals surface area (Å²) in [6.45, 7) is 1.08. The first-order valence-corrected chi connectivity index (χ1v) is 3.90. The Morgan fingerprint density at radius 3 is 2.40 bits per heavy atom. The van der Waals surface area contributed by atoms with Crippen molar-refractivity contribution in [3.8, 4) is 0 Å². The summed E-state index contributed by atoms with van der Waals surface area (Å²) in [6.07, 6.45) is -4.42. The maximum Gasteiger partial charge on any atom is 0.416 e. The standard InChI is InChI=1S/C9H6F3NO2/c1-5(15)8-3-6(9(10,11)12)2-7(4-14)13-8/h2-4H,1H3. The molecule has 0 saturated carbocycles. The molecule has 1 aromatic rings. The molecule has 0 aliphatic heterocycles. The lowest BCUT2D eigenvalue weighted by Gasteiger charge is -2.07. The van der Waals surface area contributed by atoms with Crippen molar-refractivity contribution >= 4 is 12.1 Å². The third-order valence-electron chi connectivity index (χ3n) is 1.65. The maximum absolute atomic E-state index is 12.3. The molecule has 3 nitrogen and oxygen atoms in total. The maximum atomic E-state index is 12.3. The van der Waals surface area contributed by atoms with Gasteiger partial charge in [-0.15, -0.1) is 0 Å². The van der Waals surface area contributed by atoms with Crippen LogP contribution in [0.25, 0.3) is 0 Å². The highest BCUT2D eigenvalue weighted by Gasteiger charge is 2.31. The molecular weight excluding hydrogens is 211 g/mol. The minimum Gasteiger partial charge on any atom is -0.296 e. The first kappa shape index (κ1) is 11.4. The second-order valence-electron chi connectivity index (χ2n) is 2.84. The molecule has 0 radical (unpaired) electrons. The largest absolute Gasteiger partial charge is 0.416 e. The molecule has 15 heavy (non-hydrogen) atoms. The Hall–Kier alpha value is -1.72. The topological polar surface area (TPSA) is 47.0 Å². The van der Waals surface area contributed by atoms with E-state index in [0.717, 1.165) is 6.92 Å². The van der Waals surface area contributed by atoms with Crippen molar-refractivity contribution in [2.24, 2.45) is 0 Å². The van der Waals surface area contributed by atoms with Gasteiger partial charge >= 0.3 is 6.18 Å². The van der Waals surface area contributed by atoms with Crippen molar-refractivity contribution in [1.82, 2.24) is 4.98 Å². The van der Waals surface area contributed by atoms with E-state index >= 15 is 0 Å². The summed E-state index contributed by atoms with van der Waals surface area (Å²) >= 11 is 0. The molecule has 0 unspecified atom stereocenters. The molecular formula is C9H6F3NO2. The molecule has 80 valence electrons.